The summed E-state index contributed by atoms with van der Waals surface area (Å²) in [7, 11) is 0. The lowest BCUT2D eigenvalue weighted by atomic mass is 10.1. The van der Waals surface area contributed by atoms with Crippen LogP contribution in [-0.4, -0.2) is 55.3 Å². The standard InChI is InChI=1S/C20H21F4N5O3/c1-11-6-12(26-7-15(11)32-10-20(23,24)17(21)22)8-29-9-13-14(28-29)4-5-25-16(13)27-18(30)19(2,3)31/h4-7,9,17,31H,8,10H2,1-3H3,(H,25,27,30). The first-order chi connectivity index (χ1) is 14.9. The Morgan fingerprint density at radius 3 is 2.66 bits per heavy atom. The minimum Gasteiger partial charge on any atom is -0.485 e. The van der Waals surface area contributed by atoms with Crippen molar-refractivity contribution in [2.45, 2.75) is 45.3 Å². The molecule has 3 heterocycles. The number of pyridine rings is 2. The van der Waals surface area contributed by atoms with Crippen molar-refractivity contribution in [3.05, 3.63) is 42.0 Å². The van der Waals surface area contributed by atoms with Crippen molar-refractivity contribution < 1.29 is 32.2 Å². The molecule has 0 bridgehead atoms. The number of hydrogen-bond acceptors (Lipinski definition) is 6. The van der Waals surface area contributed by atoms with Crippen LogP contribution in [0.1, 0.15) is 25.1 Å². The van der Waals surface area contributed by atoms with Crippen molar-refractivity contribution in [3.63, 3.8) is 0 Å². The number of carbonyl (C=O) groups is 1. The Labute approximate surface area is 180 Å². The van der Waals surface area contributed by atoms with Gasteiger partial charge < -0.3 is 15.2 Å². The molecule has 0 aliphatic rings. The number of rotatable bonds is 8. The molecule has 0 aromatic carbocycles. The molecule has 0 fully saturated rings. The molecular weight excluding hydrogens is 434 g/mol. The molecule has 3 rings (SSSR count). The highest BCUT2D eigenvalue weighted by atomic mass is 19.3. The fourth-order valence-electron chi connectivity index (χ4n) is 2.68. The third kappa shape index (κ3) is 5.31. The van der Waals surface area contributed by atoms with Crippen LogP contribution < -0.4 is 10.1 Å². The molecule has 2 N–H and O–H groups in total. The zero-order valence-electron chi connectivity index (χ0n) is 17.4. The van der Waals surface area contributed by atoms with E-state index in [1.165, 1.54) is 26.2 Å². The van der Waals surface area contributed by atoms with Crippen LogP contribution in [0, 0.1) is 6.92 Å². The molecule has 0 saturated heterocycles. The first-order valence-corrected chi connectivity index (χ1v) is 9.47. The zero-order valence-corrected chi connectivity index (χ0v) is 17.4. The zero-order chi connectivity index (χ0) is 23.7. The Kier molecular flexibility index (Phi) is 6.35. The number of aromatic nitrogens is 4. The van der Waals surface area contributed by atoms with Crippen LogP contribution >= 0.6 is 0 Å². The summed E-state index contributed by atoms with van der Waals surface area (Å²) in [6.45, 7) is 3.02. The summed E-state index contributed by atoms with van der Waals surface area (Å²) >= 11 is 0. The van der Waals surface area contributed by atoms with Crippen LogP contribution in [0.2, 0.25) is 0 Å². The first-order valence-electron chi connectivity index (χ1n) is 9.47. The van der Waals surface area contributed by atoms with Crippen LogP contribution in [0.15, 0.2) is 30.7 Å². The third-order valence-electron chi connectivity index (χ3n) is 4.45. The lowest BCUT2D eigenvalue weighted by molar-refractivity contribution is -0.148. The summed E-state index contributed by atoms with van der Waals surface area (Å²) in [5.74, 6) is -4.68. The molecule has 12 heteroatoms. The van der Waals surface area contributed by atoms with Gasteiger partial charge >= 0.3 is 12.3 Å². The van der Waals surface area contributed by atoms with E-state index in [4.69, 9.17) is 4.74 Å². The van der Waals surface area contributed by atoms with E-state index < -0.39 is 30.5 Å². The van der Waals surface area contributed by atoms with E-state index in [-0.39, 0.29) is 18.1 Å². The molecular formula is C20H21F4N5O3. The Hall–Kier alpha value is -3.28. The molecule has 0 unspecified atom stereocenters. The number of aliphatic hydroxyl groups is 1. The topological polar surface area (TPSA) is 102 Å². The SMILES string of the molecule is Cc1cc(Cn2cc3c(NC(=O)C(C)(C)O)nccc3n2)ncc1OCC(F)(F)C(F)F. The fraction of sp³-hybridized carbons (Fsp3) is 0.400. The van der Waals surface area contributed by atoms with E-state index >= 15 is 0 Å². The molecule has 3 aromatic rings. The quantitative estimate of drug-likeness (QED) is 0.506. The van der Waals surface area contributed by atoms with Gasteiger partial charge in [-0.15, -0.1) is 0 Å². The number of hydrogen-bond donors (Lipinski definition) is 2. The second kappa shape index (κ2) is 8.69. The van der Waals surface area contributed by atoms with Gasteiger partial charge in [0.2, 0.25) is 0 Å². The number of anilines is 1. The van der Waals surface area contributed by atoms with Crippen LogP contribution in [0.4, 0.5) is 23.4 Å². The van der Waals surface area contributed by atoms with Gasteiger partial charge in [-0.05, 0) is 38.5 Å². The maximum atomic E-state index is 13.1. The molecule has 0 atom stereocenters. The summed E-state index contributed by atoms with van der Waals surface area (Å²) in [4.78, 5) is 20.3. The van der Waals surface area contributed by atoms with E-state index in [1.807, 2.05) is 0 Å². The van der Waals surface area contributed by atoms with E-state index in [2.05, 4.69) is 20.4 Å². The number of ether oxygens (including phenoxy) is 1. The van der Waals surface area contributed by atoms with Gasteiger partial charge in [0.15, 0.2) is 6.61 Å². The fourth-order valence-corrected chi connectivity index (χ4v) is 2.68. The highest BCUT2D eigenvalue weighted by Gasteiger charge is 2.41. The number of aryl methyl sites for hydroxylation is 1. The molecule has 0 aliphatic heterocycles. The Morgan fingerprint density at radius 2 is 2.03 bits per heavy atom. The molecule has 0 radical (unpaired) electrons. The lowest BCUT2D eigenvalue weighted by Crippen LogP contribution is -2.36. The number of nitrogens with one attached hydrogen (secondary N) is 1. The predicted molar refractivity (Wildman–Crippen MR) is 107 cm³/mol. The summed E-state index contributed by atoms with van der Waals surface area (Å²) in [6.07, 6.45) is 0.457. The van der Waals surface area contributed by atoms with Gasteiger partial charge in [-0.25, -0.2) is 13.8 Å². The van der Waals surface area contributed by atoms with Gasteiger partial charge in [-0.1, -0.05) is 0 Å². The number of alkyl halides is 4. The minimum absolute atomic E-state index is 0.0273. The van der Waals surface area contributed by atoms with Gasteiger partial charge in [0.25, 0.3) is 5.91 Å². The largest absolute Gasteiger partial charge is 0.485 e. The normalized spacial score (nSPS) is 12.4. The van der Waals surface area contributed by atoms with Gasteiger partial charge in [-0.2, -0.15) is 13.9 Å². The van der Waals surface area contributed by atoms with Crippen LogP contribution in [0.25, 0.3) is 10.9 Å². The molecule has 172 valence electrons. The summed E-state index contributed by atoms with van der Waals surface area (Å²) in [5, 5.41) is 17.3. The number of nitrogens with zero attached hydrogens (tertiary/aromatic N) is 4. The molecule has 0 aliphatic carbocycles. The van der Waals surface area contributed by atoms with Crippen molar-refractivity contribution in [2.75, 3.05) is 11.9 Å². The predicted octanol–water partition coefficient (Wildman–Crippen LogP) is 3.17. The smallest absolute Gasteiger partial charge is 0.340 e. The monoisotopic (exact) mass is 455 g/mol. The van der Waals surface area contributed by atoms with Crippen molar-refractivity contribution in [3.8, 4) is 5.75 Å². The van der Waals surface area contributed by atoms with Gasteiger partial charge in [0.05, 0.1) is 29.3 Å². The summed E-state index contributed by atoms with van der Waals surface area (Å²) in [5.41, 5.74) is -0.100. The van der Waals surface area contributed by atoms with Crippen molar-refractivity contribution in [1.82, 2.24) is 19.7 Å². The maximum Gasteiger partial charge on any atom is 0.340 e. The van der Waals surface area contributed by atoms with Gasteiger partial charge in [0, 0.05) is 12.4 Å². The molecule has 0 saturated carbocycles. The Balaban J connectivity index is 1.76. The van der Waals surface area contributed by atoms with Crippen LogP contribution in [0.3, 0.4) is 0 Å². The van der Waals surface area contributed by atoms with E-state index in [9.17, 15) is 27.5 Å². The Morgan fingerprint density at radius 1 is 1.31 bits per heavy atom. The molecule has 8 nitrogen and oxygen atoms in total. The summed E-state index contributed by atoms with van der Waals surface area (Å²) < 4.78 is 57.0. The second-order valence-electron chi connectivity index (χ2n) is 7.72. The highest BCUT2D eigenvalue weighted by Crippen LogP contribution is 2.26. The van der Waals surface area contributed by atoms with Crippen molar-refractivity contribution in [2.24, 2.45) is 0 Å². The average molecular weight is 455 g/mol. The highest BCUT2D eigenvalue weighted by molar-refractivity contribution is 6.02. The van der Waals surface area contributed by atoms with Gasteiger partial charge in [-0.3, -0.25) is 14.5 Å². The van der Waals surface area contributed by atoms with Crippen molar-refractivity contribution in [1.29, 1.82) is 0 Å². The third-order valence-corrected chi connectivity index (χ3v) is 4.45. The molecule has 3 aromatic heterocycles. The first kappa shape index (κ1) is 23.4. The average Bonchev–Trinajstić information content (AvgIpc) is 3.10. The van der Waals surface area contributed by atoms with Crippen molar-refractivity contribution >= 4 is 22.6 Å². The number of halogens is 4. The minimum atomic E-state index is -4.26. The van der Waals surface area contributed by atoms with E-state index in [0.29, 0.717) is 22.2 Å². The molecule has 1 amide bonds. The molecule has 32 heavy (non-hydrogen) atoms. The number of amides is 1. The summed E-state index contributed by atoms with van der Waals surface area (Å²) in [6, 6.07) is 3.21. The van der Waals surface area contributed by atoms with Crippen LogP contribution in [-0.2, 0) is 11.3 Å². The van der Waals surface area contributed by atoms with E-state index in [0.717, 1.165) is 0 Å². The lowest BCUT2D eigenvalue weighted by Gasteiger charge is -2.17. The maximum absolute atomic E-state index is 13.1. The Bertz CT molecular complexity index is 1130. The second-order valence-corrected chi connectivity index (χ2v) is 7.72. The van der Waals surface area contributed by atoms with Gasteiger partial charge in [0.1, 0.15) is 17.2 Å². The number of carbonyl (C=O) groups excluding carboxylic acids is 1. The number of fused-ring (bicyclic) bond motifs is 1. The van der Waals surface area contributed by atoms with E-state index in [1.54, 1.807) is 29.9 Å². The van der Waals surface area contributed by atoms with Crippen LogP contribution in [0.5, 0.6) is 5.75 Å². The molecule has 0 spiro atoms.